The van der Waals surface area contributed by atoms with Crippen molar-refractivity contribution >= 4 is 17.7 Å². The van der Waals surface area contributed by atoms with Gasteiger partial charge >= 0.3 is 0 Å². The van der Waals surface area contributed by atoms with Crippen LogP contribution in [0, 0.1) is 17.3 Å². The predicted octanol–water partition coefficient (Wildman–Crippen LogP) is 1.49. The van der Waals surface area contributed by atoms with E-state index >= 15 is 0 Å². The first-order valence-corrected chi connectivity index (χ1v) is 8.05. The van der Waals surface area contributed by atoms with Crippen molar-refractivity contribution in [2.45, 2.75) is 26.2 Å². The lowest BCUT2D eigenvalue weighted by Gasteiger charge is -2.23. The highest BCUT2D eigenvalue weighted by Crippen LogP contribution is 2.58. The highest BCUT2D eigenvalue weighted by molar-refractivity contribution is 7.98. The molecule has 1 aliphatic carbocycles. The molecule has 0 aromatic heterocycles. The van der Waals surface area contributed by atoms with Crippen LogP contribution < -0.4 is 10.6 Å². The van der Waals surface area contributed by atoms with Crippen LogP contribution in [-0.4, -0.2) is 37.6 Å². The summed E-state index contributed by atoms with van der Waals surface area (Å²) in [7, 11) is 0. The second-order valence-electron chi connectivity index (χ2n) is 5.67. The fourth-order valence-electron chi connectivity index (χ4n) is 2.94. The van der Waals surface area contributed by atoms with Gasteiger partial charge < -0.3 is 10.6 Å². The summed E-state index contributed by atoms with van der Waals surface area (Å²) >= 11 is 1.85. The van der Waals surface area contributed by atoms with Gasteiger partial charge in [0.15, 0.2) is 0 Å². The molecule has 2 rings (SSSR count). The van der Waals surface area contributed by atoms with E-state index in [9.17, 15) is 4.79 Å². The summed E-state index contributed by atoms with van der Waals surface area (Å²) < 4.78 is 0. The summed E-state index contributed by atoms with van der Waals surface area (Å²) in [5.41, 5.74) is 0.373. The highest BCUT2D eigenvalue weighted by Gasteiger charge is 2.57. The summed E-state index contributed by atoms with van der Waals surface area (Å²) in [4.78, 5) is 12.0. The van der Waals surface area contributed by atoms with Crippen molar-refractivity contribution in [1.82, 2.24) is 10.6 Å². The summed E-state index contributed by atoms with van der Waals surface area (Å²) in [5, 5.41) is 6.50. The van der Waals surface area contributed by atoms with Crippen molar-refractivity contribution in [1.29, 1.82) is 0 Å². The summed E-state index contributed by atoms with van der Waals surface area (Å²) in [5.74, 6) is 2.32. The van der Waals surface area contributed by atoms with Crippen molar-refractivity contribution in [2.75, 3.05) is 31.6 Å². The number of rotatable bonds is 5. The number of carbonyl (C=O) groups excluding carboxylic acids is 1. The minimum atomic E-state index is 0.305. The number of carbonyl (C=O) groups is 1. The normalized spacial score (nSPS) is 27.8. The maximum absolute atomic E-state index is 12.0. The van der Waals surface area contributed by atoms with E-state index in [1.807, 2.05) is 11.8 Å². The largest absolute Gasteiger partial charge is 0.356 e. The highest BCUT2D eigenvalue weighted by atomic mass is 32.2. The topological polar surface area (TPSA) is 41.1 Å². The average molecular weight is 256 g/mol. The molecule has 0 aromatic rings. The zero-order valence-corrected chi connectivity index (χ0v) is 11.7. The van der Waals surface area contributed by atoms with Crippen LogP contribution in [0.5, 0.6) is 0 Å². The number of hydrogen-bond donors (Lipinski definition) is 2. The molecule has 17 heavy (non-hydrogen) atoms. The Morgan fingerprint density at radius 1 is 1.53 bits per heavy atom. The van der Waals surface area contributed by atoms with Crippen molar-refractivity contribution in [3.8, 4) is 0 Å². The Morgan fingerprint density at radius 2 is 2.24 bits per heavy atom. The van der Waals surface area contributed by atoms with Gasteiger partial charge in [0.2, 0.25) is 5.91 Å². The van der Waals surface area contributed by atoms with Gasteiger partial charge in [-0.15, -0.1) is 0 Å². The minimum absolute atomic E-state index is 0.305. The van der Waals surface area contributed by atoms with Gasteiger partial charge in [0, 0.05) is 12.5 Å². The SMILES string of the molecule is CSCC(C)CNC(=O)C1CC12CCNCC2. The van der Waals surface area contributed by atoms with Crippen LogP contribution in [0.4, 0.5) is 0 Å². The molecular weight excluding hydrogens is 232 g/mol. The van der Waals surface area contributed by atoms with E-state index in [4.69, 9.17) is 0 Å². The smallest absolute Gasteiger partial charge is 0.223 e. The van der Waals surface area contributed by atoms with E-state index in [1.54, 1.807) is 0 Å². The molecule has 1 saturated carbocycles. The maximum atomic E-state index is 12.0. The Kier molecular flexibility index (Phi) is 4.36. The van der Waals surface area contributed by atoms with Gasteiger partial charge in [-0.3, -0.25) is 4.79 Å². The molecule has 0 aromatic carbocycles. The van der Waals surface area contributed by atoms with Gasteiger partial charge in [-0.2, -0.15) is 11.8 Å². The van der Waals surface area contributed by atoms with Gasteiger partial charge in [-0.1, -0.05) is 6.92 Å². The second-order valence-corrected chi connectivity index (χ2v) is 6.59. The average Bonchev–Trinajstić information content (AvgIpc) is 3.01. The zero-order valence-electron chi connectivity index (χ0n) is 10.9. The van der Waals surface area contributed by atoms with E-state index in [0.29, 0.717) is 23.2 Å². The van der Waals surface area contributed by atoms with Crippen molar-refractivity contribution in [3.05, 3.63) is 0 Å². The minimum Gasteiger partial charge on any atom is -0.356 e. The van der Waals surface area contributed by atoms with Crippen molar-refractivity contribution in [3.63, 3.8) is 0 Å². The van der Waals surface area contributed by atoms with Crippen LogP contribution in [0.3, 0.4) is 0 Å². The fourth-order valence-corrected chi connectivity index (χ4v) is 3.62. The van der Waals surface area contributed by atoms with E-state index in [1.165, 1.54) is 12.8 Å². The zero-order chi connectivity index (χ0) is 12.3. The standard InChI is InChI=1S/C13H24N2OS/c1-10(9-17-2)8-15-12(16)11-7-13(11)3-5-14-6-4-13/h10-11,14H,3-9H2,1-2H3,(H,15,16). The van der Waals surface area contributed by atoms with Gasteiger partial charge in [0.25, 0.3) is 0 Å². The third-order valence-electron chi connectivity index (χ3n) is 4.18. The van der Waals surface area contributed by atoms with Crippen LogP contribution in [0.15, 0.2) is 0 Å². The molecule has 2 aliphatic rings. The molecule has 2 unspecified atom stereocenters. The Balaban J connectivity index is 1.71. The third kappa shape index (κ3) is 3.16. The number of nitrogens with one attached hydrogen (secondary N) is 2. The molecule has 1 aliphatic heterocycles. The van der Waals surface area contributed by atoms with Crippen LogP contribution >= 0.6 is 11.8 Å². The van der Waals surface area contributed by atoms with Gasteiger partial charge in [-0.05, 0) is 55.7 Å². The lowest BCUT2D eigenvalue weighted by Crippen LogP contribution is -2.35. The quantitative estimate of drug-likeness (QED) is 0.783. The van der Waals surface area contributed by atoms with Gasteiger partial charge in [0.05, 0.1) is 0 Å². The molecular formula is C13H24N2OS. The molecule has 2 atom stereocenters. The second kappa shape index (κ2) is 5.61. The maximum Gasteiger partial charge on any atom is 0.223 e. The molecule has 1 amide bonds. The van der Waals surface area contributed by atoms with E-state index in [-0.39, 0.29) is 0 Å². The van der Waals surface area contributed by atoms with Gasteiger partial charge in [-0.25, -0.2) is 0 Å². The number of hydrogen-bond acceptors (Lipinski definition) is 3. The fraction of sp³-hybridized carbons (Fsp3) is 0.923. The van der Waals surface area contributed by atoms with Crippen LogP contribution in [0.1, 0.15) is 26.2 Å². The van der Waals surface area contributed by atoms with Crippen molar-refractivity contribution < 1.29 is 4.79 Å². The molecule has 2 N–H and O–H groups in total. The molecule has 98 valence electrons. The lowest BCUT2D eigenvalue weighted by molar-refractivity contribution is -0.123. The molecule has 2 fully saturated rings. The molecule has 0 bridgehead atoms. The Bertz CT molecular complexity index is 277. The van der Waals surface area contributed by atoms with Crippen LogP contribution in [0.2, 0.25) is 0 Å². The van der Waals surface area contributed by atoms with E-state index < -0.39 is 0 Å². The number of thioether (sulfide) groups is 1. The monoisotopic (exact) mass is 256 g/mol. The Morgan fingerprint density at radius 3 is 2.88 bits per heavy atom. The van der Waals surface area contributed by atoms with E-state index in [2.05, 4.69) is 23.8 Å². The van der Waals surface area contributed by atoms with Crippen LogP contribution in [0.25, 0.3) is 0 Å². The van der Waals surface area contributed by atoms with Crippen molar-refractivity contribution in [2.24, 2.45) is 17.3 Å². The molecule has 1 spiro atoms. The van der Waals surface area contributed by atoms with E-state index in [0.717, 1.165) is 31.8 Å². The summed E-state index contributed by atoms with van der Waals surface area (Å²) in [6, 6.07) is 0. The number of piperidine rings is 1. The third-order valence-corrected chi connectivity index (χ3v) is 5.08. The Hall–Kier alpha value is -0.220. The first-order valence-electron chi connectivity index (χ1n) is 6.65. The van der Waals surface area contributed by atoms with Crippen LogP contribution in [-0.2, 0) is 4.79 Å². The lowest BCUT2D eigenvalue weighted by atomic mass is 9.92. The first-order chi connectivity index (χ1) is 8.18. The predicted molar refractivity (Wildman–Crippen MR) is 73.2 cm³/mol. The summed E-state index contributed by atoms with van der Waals surface area (Å²) in [6.07, 6.45) is 5.61. The first kappa shape index (κ1) is 13.2. The Labute approximate surface area is 108 Å². The molecule has 0 radical (unpaired) electrons. The summed E-state index contributed by atoms with van der Waals surface area (Å²) in [6.45, 7) is 5.22. The number of amides is 1. The molecule has 4 heteroatoms. The van der Waals surface area contributed by atoms with Gasteiger partial charge in [0.1, 0.15) is 0 Å². The molecule has 1 saturated heterocycles. The molecule has 1 heterocycles. The molecule has 3 nitrogen and oxygen atoms in total.